The molecule has 3 rings (SSSR count). The molecule has 0 bridgehead atoms. The zero-order valence-electron chi connectivity index (χ0n) is 11.6. The van der Waals surface area contributed by atoms with Gasteiger partial charge in [-0.15, -0.1) is 0 Å². The van der Waals surface area contributed by atoms with Gasteiger partial charge in [0.2, 0.25) is 0 Å². The second kappa shape index (κ2) is 5.98. The minimum absolute atomic E-state index is 0.139. The van der Waals surface area contributed by atoms with Crippen LogP contribution >= 0.6 is 11.3 Å². The Morgan fingerprint density at radius 2 is 2.14 bits per heavy atom. The van der Waals surface area contributed by atoms with Gasteiger partial charge in [0.25, 0.3) is 5.19 Å². The van der Waals surface area contributed by atoms with Crippen molar-refractivity contribution in [2.75, 3.05) is 0 Å². The molecule has 0 spiro atoms. The number of carbonyl (C=O) groups is 1. The molecule has 2 heterocycles. The van der Waals surface area contributed by atoms with Crippen LogP contribution in [0.4, 0.5) is 0 Å². The van der Waals surface area contributed by atoms with Gasteiger partial charge >= 0.3 is 5.97 Å². The summed E-state index contributed by atoms with van der Waals surface area (Å²) in [6, 6.07) is 9.64. The number of rotatable bonds is 5. The normalized spacial score (nSPS) is 10.6. The summed E-state index contributed by atoms with van der Waals surface area (Å²) in [5.41, 5.74) is 2.47. The van der Waals surface area contributed by atoms with E-state index in [0.717, 1.165) is 22.5 Å². The topological polar surface area (TPSA) is 85.5 Å². The van der Waals surface area contributed by atoms with E-state index in [9.17, 15) is 4.79 Å². The molecule has 7 heteroatoms. The number of ether oxygens (including phenoxy) is 1. The molecule has 0 radical (unpaired) electrons. The van der Waals surface area contributed by atoms with Crippen LogP contribution in [0.1, 0.15) is 21.0 Å². The number of aromatic nitrogens is 2. The van der Waals surface area contributed by atoms with Gasteiger partial charge in [0.1, 0.15) is 22.9 Å². The predicted molar refractivity (Wildman–Crippen MR) is 80.1 cm³/mol. The second-order valence-electron chi connectivity index (χ2n) is 4.52. The molecular formula is C15H12N2O4S. The first-order chi connectivity index (χ1) is 10.6. The Kier molecular flexibility index (Phi) is 3.88. The van der Waals surface area contributed by atoms with Crippen molar-refractivity contribution in [3.63, 3.8) is 0 Å². The summed E-state index contributed by atoms with van der Waals surface area (Å²) in [5.74, 6) is -0.354. The van der Waals surface area contributed by atoms with Gasteiger partial charge < -0.3 is 14.4 Å². The van der Waals surface area contributed by atoms with Crippen LogP contribution in [0.3, 0.4) is 0 Å². The first-order valence-electron chi connectivity index (χ1n) is 6.47. The molecule has 0 atom stereocenters. The fourth-order valence-corrected chi connectivity index (χ4v) is 2.55. The monoisotopic (exact) mass is 316 g/mol. The standard InChI is InChI=1S/C15H12N2O4S/c1-9-11(8-20-15-16-7-12(22-15)14(18)19)13(17-21-9)10-5-3-2-4-6-10/h2-7H,8H2,1H3,(H,18,19). The Morgan fingerprint density at radius 1 is 1.36 bits per heavy atom. The maximum Gasteiger partial charge on any atom is 0.347 e. The molecule has 0 fully saturated rings. The summed E-state index contributed by atoms with van der Waals surface area (Å²) >= 11 is 0.986. The molecule has 0 unspecified atom stereocenters. The Hall–Kier alpha value is -2.67. The second-order valence-corrected chi connectivity index (χ2v) is 5.51. The quantitative estimate of drug-likeness (QED) is 0.776. The molecule has 0 aliphatic rings. The smallest absolute Gasteiger partial charge is 0.347 e. The number of hydrogen-bond acceptors (Lipinski definition) is 6. The third-order valence-corrected chi connectivity index (χ3v) is 3.96. The van der Waals surface area contributed by atoms with Crippen molar-refractivity contribution < 1.29 is 19.2 Å². The molecule has 6 nitrogen and oxygen atoms in total. The van der Waals surface area contributed by atoms with E-state index in [0.29, 0.717) is 16.6 Å². The van der Waals surface area contributed by atoms with Gasteiger partial charge in [-0.2, -0.15) is 0 Å². The Bertz CT molecular complexity index is 795. The molecule has 0 aliphatic heterocycles. The molecule has 0 aliphatic carbocycles. The number of thiazole rings is 1. The number of carboxylic acid groups (broad SMARTS) is 1. The zero-order chi connectivity index (χ0) is 15.5. The molecule has 3 aromatic rings. The van der Waals surface area contributed by atoms with Crippen molar-refractivity contribution in [3.8, 4) is 16.5 Å². The van der Waals surface area contributed by atoms with Gasteiger partial charge in [0, 0.05) is 5.56 Å². The van der Waals surface area contributed by atoms with E-state index in [-0.39, 0.29) is 11.5 Å². The lowest BCUT2D eigenvalue weighted by atomic mass is 10.1. The fraction of sp³-hybridized carbons (Fsp3) is 0.133. The summed E-state index contributed by atoms with van der Waals surface area (Å²) < 4.78 is 10.8. The summed E-state index contributed by atoms with van der Waals surface area (Å²) in [7, 11) is 0. The van der Waals surface area contributed by atoms with E-state index in [2.05, 4.69) is 10.1 Å². The molecule has 112 valence electrons. The van der Waals surface area contributed by atoms with Crippen LogP contribution in [-0.2, 0) is 6.61 Å². The molecule has 0 saturated heterocycles. The highest BCUT2D eigenvalue weighted by Gasteiger charge is 2.16. The van der Waals surface area contributed by atoms with Gasteiger partial charge in [-0.1, -0.05) is 46.8 Å². The van der Waals surface area contributed by atoms with Crippen LogP contribution in [0.25, 0.3) is 11.3 Å². The summed E-state index contributed by atoms with van der Waals surface area (Å²) in [5, 5.41) is 13.2. The van der Waals surface area contributed by atoms with E-state index < -0.39 is 5.97 Å². The van der Waals surface area contributed by atoms with Crippen LogP contribution < -0.4 is 4.74 Å². The number of hydrogen-bond donors (Lipinski definition) is 1. The van der Waals surface area contributed by atoms with Crippen molar-refractivity contribution in [3.05, 3.63) is 52.7 Å². The highest BCUT2D eigenvalue weighted by Crippen LogP contribution is 2.27. The average molecular weight is 316 g/mol. The largest absolute Gasteiger partial charge is 0.477 e. The van der Waals surface area contributed by atoms with Crippen molar-refractivity contribution in [2.24, 2.45) is 0 Å². The molecule has 0 saturated carbocycles. The zero-order valence-corrected chi connectivity index (χ0v) is 12.5. The van der Waals surface area contributed by atoms with Crippen LogP contribution in [0, 0.1) is 6.92 Å². The van der Waals surface area contributed by atoms with Gasteiger partial charge in [-0.3, -0.25) is 0 Å². The van der Waals surface area contributed by atoms with Gasteiger partial charge in [-0.25, -0.2) is 9.78 Å². The number of nitrogens with zero attached hydrogens (tertiary/aromatic N) is 2. The number of aromatic carboxylic acids is 1. The number of aryl methyl sites for hydroxylation is 1. The minimum atomic E-state index is -1.02. The third-order valence-electron chi connectivity index (χ3n) is 3.07. The van der Waals surface area contributed by atoms with Gasteiger partial charge in [-0.05, 0) is 6.92 Å². The first-order valence-corrected chi connectivity index (χ1v) is 7.29. The summed E-state index contributed by atoms with van der Waals surface area (Å²) in [4.78, 5) is 14.9. The molecule has 0 amide bonds. The highest BCUT2D eigenvalue weighted by atomic mass is 32.1. The van der Waals surface area contributed by atoms with E-state index in [4.69, 9.17) is 14.4 Å². The van der Waals surface area contributed by atoms with Crippen LogP contribution in [0.2, 0.25) is 0 Å². The lowest BCUT2D eigenvalue weighted by molar-refractivity contribution is 0.0702. The molecule has 22 heavy (non-hydrogen) atoms. The molecule has 2 aromatic heterocycles. The van der Waals surface area contributed by atoms with Gasteiger partial charge in [0.05, 0.1) is 11.8 Å². The maximum atomic E-state index is 10.8. The van der Waals surface area contributed by atoms with E-state index in [1.54, 1.807) is 0 Å². The van der Waals surface area contributed by atoms with Gasteiger partial charge in [0.15, 0.2) is 0 Å². The SMILES string of the molecule is Cc1onc(-c2ccccc2)c1COc1ncc(C(=O)O)s1. The summed E-state index contributed by atoms with van der Waals surface area (Å²) in [6.45, 7) is 2.02. The summed E-state index contributed by atoms with van der Waals surface area (Å²) in [6.07, 6.45) is 1.28. The maximum absolute atomic E-state index is 10.8. The highest BCUT2D eigenvalue weighted by molar-refractivity contribution is 7.15. The Balaban J connectivity index is 1.80. The third kappa shape index (κ3) is 2.84. The Labute approximate surface area is 130 Å². The number of carboxylic acids is 1. The van der Waals surface area contributed by atoms with Crippen molar-refractivity contribution in [1.82, 2.24) is 10.1 Å². The predicted octanol–water partition coefficient (Wildman–Crippen LogP) is 3.38. The molecule has 1 aromatic carbocycles. The van der Waals surface area contributed by atoms with Crippen molar-refractivity contribution >= 4 is 17.3 Å². The fourth-order valence-electron chi connectivity index (χ4n) is 1.94. The Morgan fingerprint density at radius 3 is 2.82 bits per heavy atom. The van der Waals surface area contributed by atoms with E-state index >= 15 is 0 Å². The van der Waals surface area contributed by atoms with Crippen LogP contribution in [-0.4, -0.2) is 21.2 Å². The van der Waals surface area contributed by atoms with E-state index in [1.165, 1.54) is 6.20 Å². The lowest BCUT2D eigenvalue weighted by Crippen LogP contribution is -1.97. The number of benzene rings is 1. The van der Waals surface area contributed by atoms with Crippen LogP contribution in [0.15, 0.2) is 41.1 Å². The van der Waals surface area contributed by atoms with Crippen LogP contribution in [0.5, 0.6) is 5.19 Å². The molecular weight excluding hydrogens is 304 g/mol. The van der Waals surface area contributed by atoms with Crippen molar-refractivity contribution in [2.45, 2.75) is 13.5 Å². The minimum Gasteiger partial charge on any atom is -0.477 e. The first kappa shape index (κ1) is 14.3. The van der Waals surface area contributed by atoms with Crippen molar-refractivity contribution in [1.29, 1.82) is 0 Å². The average Bonchev–Trinajstić information content (AvgIpc) is 3.13. The molecule has 1 N–H and O–H groups in total. The van der Waals surface area contributed by atoms with E-state index in [1.807, 2.05) is 37.3 Å². The lowest BCUT2D eigenvalue weighted by Gasteiger charge is -2.03.